The summed E-state index contributed by atoms with van der Waals surface area (Å²) in [5.41, 5.74) is 3.05. The number of likely N-dealkylation sites (tertiary alicyclic amines) is 1. The number of piperidine rings is 1. The molecule has 0 bridgehead atoms. The number of aliphatic hydroxyl groups is 1. The van der Waals surface area contributed by atoms with Gasteiger partial charge in [-0.25, -0.2) is 4.98 Å². The minimum Gasteiger partial charge on any atom is -0.390 e. The molecule has 6 nitrogen and oxygen atoms in total. The highest BCUT2D eigenvalue weighted by Gasteiger charge is 2.30. The zero-order valence-electron chi connectivity index (χ0n) is 22.2. The van der Waals surface area contributed by atoms with Crippen LogP contribution < -0.4 is 0 Å². The molecular weight excluding hydrogens is 514 g/mol. The lowest BCUT2D eigenvalue weighted by molar-refractivity contribution is -0.00708. The van der Waals surface area contributed by atoms with Gasteiger partial charge in [0.05, 0.1) is 22.1 Å². The van der Waals surface area contributed by atoms with Crippen molar-refractivity contribution in [3.8, 4) is 10.7 Å². The number of H-pyrrole nitrogens is 1. The van der Waals surface area contributed by atoms with Crippen LogP contribution in [0.5, 0.6) is 0 Å². The first kappa shape index (κ1) is 26.4. The fourth-order valence-electron chi connectivity index (χ4n) is 5.73. The van der Waals surface area contributed by atoms with E-state index in [9.17, 15) is 9.32 Å². The fraction of sp³-hybridized carbons (Fsp3) is 0.567. The molecule has 2 saturated heterocycles. The van der Waals surface area contributed by atoms with Gasteiger partial charge in [-0.3, -0.25) is 9.11 Å². The predicted molar refractivity (Wildman–Crippen MR) is 153 cm³/mol. The molecule has 2 aromatic heterocycles. The second-order valence-corrected chi connectivity index (χ2v) is 14.5. The Kier molecular flexibility index (Phi) is 7.87. The van der Waals surface area contributed by atoms with Crippen molar-refractivity contribution in [1.29, 1.82) is 0 Å². The summed E-state index contributed by atoms with van der Waals surface area (Å²) < 4.78 is 18.3. The van der Waals surface area contributed by atoms with Gasteiger partial charge in [-0.05, 0) is 87.6 Å². The molecule has 3 aromatic rings. The first-order valence-electron chi connectivity index (χ1n) is 14.1. The van der Waals surface area contributed by atoms with Crippen LogP contribution in [0.15, 0.2) is 47.5 Å². The molecule has 8 heteroatoms. The molecule has 1 aliphatic carbocycles. The number of ether oxygens (including phenoxy) is 1. The van der Waals surface area contributed by atoms with Gasteiger partial charge in [0.15, 0.2) is 0 Å². The quantitative estimate of drug-likeness (QED) is 0.355. The van der Waals surface area contributed by atoms with E-state index < -0.39 is 16.4 Å². The number of aromatic nitrogens is 2. The third kappa shape index (κ3) is 6.31. The minimum absolute atomic E-state index is 0.260. The molecule has 3 aliphatic rings. The fourth-order valence-corrected chi connectivity index (χ4v) is 8.01. The molecule has 2 N–H and O–H groups in total. The van der Waals surface area contributed by atoms with E-state index in [2.05, 4.69) is 46.3 Å². The van der Waals surface area contributed by atoms with Crippen LogP contribution in [0.2, 0.25) is 0 Å². The topological polar surface area (TPSA) is 78.5 Å². The number of hydrogen-bond acceptors (Lipinski definition) is 6. The highest BCUT2D eigenvalue weighted by molar-refractivity contribution is 7.86. The largest absolute Gasteiger partial charge is 0.390 e. The number of thiazole rings is 1. The van der Waals surface area contributed by atoms with Gasteiger partial charge in [0.25, 0.3) is 0 Å². The standard InChI is InChI=1S/C30H39N3O3S2/c1-30(34)12-14-33(15-13-30)20-23-19-31-29(37-23)28-9-8-27(32-28)26(18-21-10-16-36-17-11-21)22-2-4-24(5-3-22)38(35)25-6-7-25/h2-5,8-9,19,21,25-26,32,34H,6-7,10-18,20H2,1H3. The van der Waals surface area contributed by atoms with Crippen LogP contribution in [0, 0.1) is 5.92 Å². The van der Waals surface area contributed by atoms with E-state index in [1.807, 2.05) is 13.1 Å². The van der Waals surface area contributed by atoms with Crippen LogP contribution in [0.1, 0.15) is 73.9 Å². The molecule has 0 spiro atoms. The summed E-state index contributed by atoms with van der Waals surface area (Å²) in [5.74, 6) is 0.897. The molecule has 1 aromatic carbocycles. The van der Waals surface area contributed by atoms with Crippen molar-refractivity contribution in [3.63, 3.8) is 0 Å². The first-order chi connectivity index (χ1) is 18.4. The lowest BCUT2D eigenvalue weighted by Crippen LogP contribution is -2.41. The third-order valence-corrected chi connectivity index (χ3v) is 11.3. The van der Waals surface area contributed by atoms with Gasteiger partial charge >= 0.3 is 0 Å². The summed E-state index contributed by atoms with van der Waals surface area (Å²) in [6, 6.07) is 12.9. The maximum atomic E-state index is 12.7. The van der Waals surface area contributed by atoms with Crippen LogP contribution >= 0.6 is 11.3 Å². The van der Waals surface area contributed by atoms with Gasteiger partial charge in [-0.1, -0.05) is 12.1 Å². The summed E-state index contributed by atoms with van der Waals surface area (Å²) in [4.78, 5) is 13.1. The second kappa shape index (κ2) is 11.3. The predicted octanol–water partition coefficient (Wildman–Crippen LogP) is 5.70. The highest BCUT2D eigenvalue weighted by atomic mass is 32.2. The zero-order chi connectivity index (χ0) is 26.1. The number of nitrogens with zero attached hydrogens (tertiary/aromatic N) is 2. The summed E-state index contributed by atoms with van der Waals surface area (Å²) in [6.45, 7) is 6.38. The van der Waals surface area contributed by atoms with Crippen molar-refractivity contribution in [2.45, 2.75) is 80.1 Å². The Morgan fingerprint density at radius 1 is 1.13 bits per heavy atom. The minimum atomic E-state index is -0.869. The van der Waals surface area contributed by atoms with Crippen molar-refractivity contribution in [3.05, 3.63) is 58.7 Å². The number of rotatable bonds is 9. The van der Waals surface area contributed by atoms with Gasteiger partial charge < -0.3 is 14.8 Å². The lowest BCUT2D eigenvalue weighted by Gasteiger charge is -2.35. The van der Waals surface area contributed by atoms with E-state index in [0.717, 1.165) is 93.4 Å². The second-order valence-electron chi connectivity index (χ2n) is 11.6. The summed E-state index contributed by atoms with van der Waals surface area (Å²) in [7, 11) is -0.869. The Hall–Kier alpha value is -1.84. The molecule has 2 aliphatic heterocycles. The lowest BCUT2D eigenvalue weighted by atomic mass is 9.83. The van der Waals surface area contributed by atoms with E-state index in [-0.39, 0.29) is 5.92 Å². The maximum Gasteiger partial charge on any atom is 0.139 e. The number of hydrogen-bond donors (Lipinski definition) is 2. The molecule has 0 amide bonds. The van der Waals surface area contributed by atoms with E-state index in [1.165, 1.54) is 16.1 Å². The summed E-state index contributed by atoms with van der Waals surface area (Å²) in [5, 5.41) is 11.6. The molecule has 38 heavy (non-hydrogen) atoms. The van der Waals surface area contributed by atoms with Gasteiger partial charge in [0.2, 0.25) is 0 Å². The van der Waals surface area contributed by atoms with Crippen molar-refractivity contribution in [1.82, 2.24) is 14.9 Å². The molecule has 0 radical (unpaired) electrons. The van der Waals surface area contributed by atoms with E-state index in [4.69, 9.17) is 9.72 Å². The molecule has 2 atom stereocenters. The summed E-state index contributed by atoms with van der Waals surface area (Å²) in [6.07, 6.45) is 9.12. The summed E-state index contributed by atoms with van der Waals surface area (Å²) >= 11 is 1.75. The highest BCUT2D eigenvalue weighted by Crippen LogP contribution is 2.37. The van der Waals surface area contributed by atoms with Crippen LogP contribution in [0.4, 0.5) is 0 Å². The first-order valence-corrected chi connectivity index (χ1v) is 16.1. The van der Waals surface area contributed by atoms with E-state index >= 15 is 0 Å². The normalized spacial score (nSPS) is 22.4. The van der Waals surface area contributed by atoms with Crippen molar-refractivity contribution < 1.29 is 14.1 Å². The average molecular weight is 554 g/mol. The van der Waals surface area contributed by atoms with Crippen molar-refractivity contribution in [2.24, 2.45) is 5.92 Å². The SMILES string of the molecule is CC1(O)CCN(Cc2cnc(-c3ccc(C(CC4CCOCC4)c4ccc(S(=O)C5CC5)cc4)[nH]3)s2)CC1. The van der Waals surface area contributed by atoms with Gasteiger partial charge in [0.1, 0.15) is 5.01 Å². The van der Waals surface area contributed by atoms with Crippen LogP contribution in [-0.4, -0.2) is 61.3 Å². The van der Waals surface area contributed by atoms with Crippen LogP contribution in [0.25, 0.3) is 10.7 Å². The smallest absolute Gasteiger partial charge is 0.139 e. The molecule has 2 unspecified atom stereocenters. The van der Waals surface area contributed by atoms with Crippen molar-refractivity contribution in [2.75, 3.05) is 26.3 Å². The molecular formula is C30H39N3O3S2. The van der Waals surface area contributed by atoms with E-state index in [1.54, 1.807) is 11.3 Å². The Morgan fingerprint density at radius 2 is 1.87 bits per heavy atom. The Labute approximate surface area is 232 Å². The third-order valence-electron chi connectivity index (χ3n) is 8.43. The Morgan fingerprint density at radius 3 is 2.58 bits per heavy atom. The van der Waals surface area contributed by atoms with Gasteiger partial charge in [-0.2, -0.15) is 0 Å². The molecule has 1 saturated carbocycles. The molecule has 6 rings (SSSR count). The van der Waals surface area contributed by atoms with Gasteiger partial charge in [0, 0.05) is 65.7 Å². The maximum absolute atomic E-state index is 12.7. The number of nitrogens with one attached hydrogen (secondary N) is 1. The van der Waals surface area contributed by atoms with Crippen molar-refractivity contribution >= 4 is 22.1 Å². The number of benzene rings is 1. The van der Waals surface area contributed by atoms with Crippen LogP contribution in [-0.2, 0) is 22.1 Å². The Bertz CT molecular complexity index is 1230. The van der Waals surface area contributed by atoms with Crippen LogP contribution in [0.3, 0.4) is 0 Å². The molecule has 204 valence electrons. The monoisotopic (exact) mass is 553 g/mol. The molecule has 3 fully saturated rings. The van der Waals surface area contributed by atoms with Gasteiger partial charge in [-0.15, -0.1) is 11.3 Å². The number of aromatic amines is 1. The molecule has 4 heterocycles. The Balaban J connectivity index is 1.18. The zero-order valence-corrected chi connectivity index (χ0v) is 23.9. The van der Waals surface area contributed by atoms with E-state index in [0.29, 0.717) is 11.2 Å². The average Bonchev–Trinajstić information content (AvgIpc) is 3.48.